The van der Waals surface area contributed by atoms with Crippen molar-refractivity contribution in [1.29, 1.82) is 0 Å². The van der Waals surface area contributed by atoms with E-state index in [0.717, 1.165) is 18.1 Å². The number of hydrogen-bond acceptors (Lipinski definition) is 3. The zero-order chi connectivity index (χ0) is 23.3. The van der Waals surface area contributed by atoms with Gasteiger partial charge >= 0.3 is 5.97 Å². The second-order valence-electron chi connectivity index (χ2n) is 9.84. The Hall–Kier alpha value is -2.83. The molecule has 2 aromatic rings. The van der Waals surface area contributed by atoms with Crippen molar-refractivity contribution in [2.24, 2.45) is 5.41 Å². The average Bonchev–Trinajstić information content (AvgIpc) is 3.10. The third-order valence-electron chi connectivity index (χ3n) is 7.10. The van der Waals surface area contributed by atoms with Gasteiger partial charge < -0.3 is 9.84 Å². The number of halogens is 2. The zero-order valence-electron chi connectivity index (χ0n) is 18.8. The van der Waals surface area contributed by atoms with E-state index in [1.54, 1.807) is 0 Å². The summed E-state index contributed by atoms with van der Waals surface area (Å²) < 4.78 is 36.5. The molecule has 0 aromatic heterocycles. The molecule has 2 aromatic carbocycles. The van der Waals surface area contributed by atoms with E-state index in [2.05, 4.69) is 30.9 Å². The third kappa shape index (κ3) is 3.91. The Morgan fingerprint density at radius 2 is 1.94 bits per heavy atom. The maximum Gasteiger partial charge on any atom is 0.328 e. The Morgan fingerprint density at radius 3 is 2.58 bits per heavy atom. The predicted molar refractivity (Wildman–Crippen MR) is 123 cm³/mol. The second kappa shape index (κ2) is 8.19. The first-order valence-electron chi connectivity index (χ1n) is 11.3. The molecule has 33 heavy (non-hydrogen) atoms. The van der Waals surface area contributed by atoms with E-state index in [1.807, 2.05) is 12.1 Å². The van der Waals surface area contributed by atoms with Crippen molar-refractivity contribution in [1.82, 2.24) is 4.90 Å². The largest absolute Gasteiger partial charge is 0.478 e. The molecule has 2 aliphatic heterocycles. The molecule has 0 radical (unpaired) electrons. The number of carboxylic acid groups (broad SMARTS) is 1. The molecular formula is C27H27F2NO3. The van der Waals surface area contributed by atoms with Gasteiger partial charge in [0.25, 0.3) is 0 Å². The molecule has 2 unspecified atom stereocenters. The van der Waals surface area contributed by atoms with Gasteiger partial charge in [0, 0.05) is 29.6 Å². The van der Waals surface area contributed by atoms with Gasteiger partial charge in [-0.05, 0) is 65.8 Å². The Balaban J connectivity index is 1.62. The lowest BCUT2D eigenvalue weighted by Crippen LogP contribution is -2.53. The Bertz CT molecular complexity index is 1160. The van der Waals surface area contributed by atoms with Crippen molar-refractivity contribution >= 4 is 17.6 Å². The highest BCUT2D eigenvalue weighted by Crippen LogP contribution is 2.50. The lowest BCUT2D eigenvalue weighted by Gasteiger charge is -2.49. The third-order valence-corrected chi connectivity index (χ3v) is 7.10. The molecule has 3 aliphatic rings. The van der Waals surface area contributed by atoms with Crippen LogP contribution in [-0.4, -0.2) is 41.8 Å². The molecule has 0 spiro atoms. The number of rotatable bonds is 5. The summed E-state index contributed by atoms with van der Waals surface area (Å²) in [5.74, 6) is -2.47. The summed E-state index contributed by atoms with van der Waals surface area (Å²) in [4.78, 5) is 13.1. The molecule has 4 nitrogen and oxygen atoms in total. The smallest absolute Gasteiger partial charge is 0.328 e. The number of carbonyl (C=O) groups is 1. The summed E-state index contributed by atoms with van der Waals surface area (Å²) in [5, 5.41) is 8.86. The van der Waals surface area contributed by atoms with Crippen LogP contribution in [0.5, 0.6) is 0 Å². The number of nitrogens with zero attached hydrogens (tertiary/aromatic N) is 1. The standard InChI is InChI=1S/C27H27F2NO3/c1-16-9-20-19-6-4-3-5-18(19)12-21(20)26(30(16)13-27(2)14-33-15-27)25-22(28)10-17(11-23(25)29)7-8-24(31)32/h3-8,10-11,16,26H,9,12-15H2,1-2H3,(H,31,32)/b8-7+. The van der Waals surface area contributed by atoms with E-state index in [1.165, 1.54) is 34.9 Å². The maximum atomic E-state index is 15.5. The Morgan fingerprint density at radius 1 is 1.24 bits per heavy atom. The van der Waals surface area contributed by atoms with Crippen LogP contribution in [0.15, 0.2) is 48.0 Å². The van der Waals surface area contributed by atoms with E-state index >= 15 is 8.78 Å². The minimum atomic E-state index is -1.17. The molecule has 0 saturated carbocycles. The fourth-order valence-corrected chi connectivity index (χ4v) is 5.52. The molecule has 2 atom stereocenters. The van der Waals surface area contributed by atoms with Crippen LogP contribution in [0.4, 0.5) is 8.78 Å². The first-order chi connectivity index (χ1) is 15.8. The van der Waals surface area contributed by atoms with Gasteiger partial charge in [0.05, 0.1) is 19.3 Å². The van der Waals surface area contributed by atoms with Crippen molar-refractivity contribution in [3.63, 3.8) is 0 Å². The topological polar surface area (TPSA) is 49.8 Å². The summed E-state index contributed by atoms with van der Waals surface area (Å²) in [6, 6.07) is 10.2. The molecule has 6 heteroatoms. The van der Waals surface area contributed by atoms with Gasteiger partial charge in [0.1, 0.15) is 11.6 Å². The Kier molecular flexibility index (Phi) is 5.46. The van der Waals surface area contributed by atoms with Crippen LogP contribution in [-0.2, 0) is 16.0 Å². The minimum absolute atomic E-state index is 0.0400. The summed E-state index contributed by atoms with van der Waals surface area (Å²) >= 11 is 0. The molecular weight excluding hydrogens is 424 g/mol. The second-order valence-corrected chi connectivity index (χ2v) is 9.84. The van der Waals surface area contributed by atoms with Crippen molar-refractivity contribution < 1.29 is 23.4 Å². The van der Waals surface area contributed by atoms with Gasteiger partial charge in [-0.25, -0.2) is 13.6 Å². The van der Waals surface area contributed by atoms with Crippen molar-refractivity contribution in [2.45, 2.75) is 38.8 Å². The number of fused-ring (bicyclic) bond motifs is 2. The van der Waals surface area contributed by atoms with Crippen LogP contribution in [0.2, 0.25) is 0 Å². The molecule has 1 fully saturated rings. The molecule has 1 aliphatic carbocycles. The van der Waals surface area contributed by atoms with Crippen molar-refractivity contribution in [3.8, 4) is 0 Å². The molecule has 2 heterocycles. The molecule has 172 valence electrons. The van der Waals surface area contributed by atoms with Crippen LogP contribution < -0.4 is 0 Å². The van der Waals surface area contributed by atoms with Gasteiger partial charge in [-0.15, -0.1) is 0 Å². The number of aliphatic carboxylic acids is 1. The monoisotopic (exact) mass is 451 g/mol. The van der Waals surface area contributed by atoms with E-state index in [9.17, 15) is 4.79 Å². The molecule has 0 bridgehead atoms. The number of carboxylic acids is 1. The van der Waals surface area contributed by atoms with Gasteiger partial charge in [0.2, 0.25) is 0 Å². The molecule has 0 amide bonds. The normalized spacial score (nSPS) is 24.0. The highest BCUT2D eigenvalue weighted by molar-refractivity contribution is 5.85. The van der Waals surface area contributed by atoms with Crippen molar-refractivity contribution in [3.05, 3.63) is 81.9 Å². The molecule has 1 saturated heterocycles. The van der Waals surface area contributed by atoms with E-state index in [0.29, 0.717) is 26.2 Å². The summed E-state index contributed by atoms with van der Waals surface area (Å²) in [5.41, 5.74) is 4.82. The van der Waals surface area contributed by atoms with Gasteiger partial charge in [0.15, 0.2) is 0 Å². The highest BCUT2D eigenvalue weighted by atomic mass is 19.1. The van der Waals surface area contributed by atoms with Crippen LogP contribution in [0, 0.1) is 17.0 Å². The fraction of sp³-hybridized carbons (Fsp3) is 0.370. The summed E-state index contributed by atoms with van der Waals surface area (Å²) in [6.45, 7) is 6.24. The first kappa shape index (κ1) is 22.0. The lowest BCUT2D eigenvalue weighted by molar-refractivity contribution is -0.131. The van der Waals surface area contributed by atoms with E-state index in [4.69, 9.17) is 9.84 Å². The van der Waals surface area contributed by atoms with E-state index < -0.39 is 23.6 Å². The fourth-order valence-electron chi connectivity index (χ4n) is 5.52. The van der Waals surface area contributed by atoms with Crippen molar-refractivity contribution in [2.75, 3.05) is 19.8 Å². The lowest BCUT2D eigenvalue weighted by atomic mass is 9.80. The van der Waals surface area contributed by atoms with Gasteiger partial charge in [-0.1, -0.05) is 31.2 Å². The highest BCUT2D eigenvalue weighted by Gasteiger charge is 2.45. The number of benzene rings is 2. The predicted octanol–water partition coefficient (Wildman–Crippen LogP) is 5.24. The van der Waals surface area contributed by atoms with Crippen LogP contribution in [0.25, 0.3) is 11.6 Å². The molecule has 5 rings (SSSR count). The van der Waals surface area contributed by atoms with Gasteiger partial charge in [-0.2, -0.15) is 0 Å². The van der Waals surface area contributed by atoms with Crippen LogP contribution >= 0.6 is 0 Å². The van der Waals surface area contributed by atoms with Gasteiger partial charge in [-0.3, -0.25) is 4.90 Å². The first-order valence-corrected chi connectivity index (χ1v) is 11.3. The SMILES string of the molecule is CC1CC2=C(Cc3ccccc32)C(c2c(F)cc(/C=C/C(=O)O)cc2F)N1CC1(C)COC1. The summed E-state index contributed by atoms with van der Waals surface area (Å²) in [6.07, 6.45) is 3.60. The van der Waals surface area contributed by atoms with E-state index in [-0.39, 0.29) is 22.6 Å². The zero-order valence-corrected chi connectivity index (χ0v) is 18.8. The minimum Gasteiger partial charge on any atom is -0.478 e. The summed E-state index contributed by atoms with van der Waals surface area (Å²) in [7, 11) is 0. The number of ether oxygens (including phenoxy) is 1. The quantitative estimate of drug-likeness (QED) is 0.632. The van der Waals surface area contributed by atoms with Crippen LogP contribution in [0.3, 0.4) is 0 Å². The number of hydrogen-bond donors (Lipinski definition) is 1. The molecule has 1 N–H and O–H groups in total. The Labute approximate surface area is 192 Å². The average molecular weight is 452 g/mol. The maximum absolute atomic E-state index is 15.5. The van der Waals surface area contributed by atoms with Crippen LogP contribution in [0.1, 0.15) is 48.6 Å².